The molecule has 0 radical (unpaired) electrons. The van der Waals surface area contributed by atoms with Crippen LogP contribution in [0.3, 0.4) is 0 Å². The van der Waals surface area contributed by atoms with Crippen molar-refractivity contribution in [2.24, 2.45) is 5.41 Å². The molecule has 1 heterocycles. The topological polar surface area (TPSA) is 78.1 Å². The molecule has 1 aliphatic carbocycles. The number of nitrogens with one attached hydrogen (secondary N) is 2. The number of benzene rings is 1. The first-order valence-corrected chi connectivity index (χ1v) is 8.78. The van der Waals surface area contributed by atoms with E-state index in [0.29, 0.717) is 5.56 Å². The van der Waals surface area contributed by atoms with Crippen LogP contribution in [0.4, 0.5) is 19.1 Å². The lowest BCUT2D eigenvalue weighted by Gasteiger charge is -2.26. The Kier molecular flexibility index (Phi) is 5.18. The lowest BCUT2D eigenvalue weighted by Crippen LogP contribution is -2.35. The average molecular weight is 394 g/mol. The zero-order valence-electron chi connectivity index (χ0n) is 15.7. The van der Waals surface area contributed by atoms with Crippen LogP contribution in [-0.4, -0.2) is 30.0 Å². The van der Waals surface area contributed by atoms with E-state index in [0.717, 1.165) is 31.0 Å². The first-order valence-electron chi connectivity index (χ1n) is 8.78. The predicted molar refractivity (Wildman–Crippen MR) is 98.1 cm³/mol. The molecule has 2 aromatic rings. The van der Waals surface area contributed by atoms with Gasteiger partial charge in [-0.25, -0.2) is 18.2 Å². The van der Waals surface area contributed by atoms with Gasteiger partial charge in [-0.05, 0) is 29.9 Å². The predicted octanol–water partition coefficient (Wildman–Crippen LogP) is 3.18. The lowest BCUT2D eigenvalue weighted by molar-refractivity contribution is 0.0913. The summed E-state index contributed by atoms with van der Waals surface area (Å²) in [6.45, 7) is 1.92. The first kappa shape index (κ1) is 19.9. The average Bonchev–Trinajstić information content (AvgIpc) is 3.36. The third-order valence-corrected chi connectivity index (χ3v) is 4.99. The van der Waals surface area contributed by atoms with E-state index in [4.69, 9.17) is 0 Å². The molecule has 1 atom stereocenters. The van der Waals surface area contributed by atoms with E-state index in [1.165, 1.54) is 6.07 Å². The number of amides is 1. The van der Waals surface area contributed by atoms with Gasteiger partial charge in [-0.3, -0.25) is 14.6 Å². The Hall–Kier alpha value is -2.84. The Morgan fingerprint density at radius 1 is 1.29 bits per heavy atom. The Morgan fingerprint density at radius 2 is 1.96 bits per heavy atom. The monoisotopic (exact) mass is 394 g/mol. The minimum Gasteiger partial charge on any atom is -0.348 e. The van der Waals surface area contributed by atoms with E-state index in [9.17, 15) is 22.8 Å². The maximum absolute atomic E-state index is 14.1. The molecule has 9 heteroatoms. The summed E-state index contributed by atoms with van der Waals surface area (Å²) in [5.74, 6) is -1.38. The molecule has 0 aliphatic heterocycles. The molecule has 0 bridgehead atoms. The summed E-state index contributed by atoms with van der Waals surface area (Å²) in [7, 11) is 3.34. The van der Waals surface area contributed by atoms with Crippen LogP contribution in [0.2, 0.25) is 0 Å². The number of nitrogens with zero attached hydrogens (tertiary/aromatic N) is 2. The number of anilines is 1. The Labute approximate surface area is 159 Å². The third kappa shape index (κ3) is 4.02. The van der Waals surface area contributed by atoms with Crippen molar-refractivity contribution in [1.82, 2.24) is 15.3 Å². The van der Waals surface area contributed by atoms with Gasteiger partial charge in [0.2, 0.25) is 5.95 Å². The summed E-state index contributed by atoms with van der Waals surface area (Å²) in [5.41, 5.74) is -1.16. The number of hydrogen-bond acceptors (Lipinski definition) is 4. The number of aromatic nitrogens is 2. The van der Waals surface area contributed by atoms with Gasteiger partial charge in [0.15, 0.2) is 0 Å². The van der Waals surface area contributed by atoms with Gasteiger partial charge in [-0.15, -0.1) is 0 Å². The normalized spacial score (nSPS) is 16.0. The van der Waals surface area contributed by atoms with Crippen molar-refractivity contribution in [3.8, 4) is 0 Å². The maximum atomic E-state index is 14.1. The highest BCUT2D eigenvalue weighted by Crippen LogP contribution is 2.54. The molecule has 6 nitrogen and oxygen atoms in total. The van der Waals surface area contributed by atoms with E-state index >= 15 is 0 Å². The summed E-state index contributed by atoms with van der Waals surface area (Å²) in [5, 5.41) is 2.79. The number of rotatable bonds is 6. The van der Waals surface area contributed by atoms with Crippen LogP contribution in [0, 0.1) is 11.2 Å². The minimum atomic E-state index is -2.91. The Balaban J connectivity index is 1.92. The first-order chi connectivity index (χ1) is 13.1. The van der Waals surface area contributed by atoms with Gasteiger partial charge in [0, 0.05) is 20.2 Å². The van der Waals surface area contributed by atoms with Crippen molar-refractivity contribution in [3.05, 3.63) is 57.3 Å². The van der Waals surface area contributed by atoms with Gasteiger partial charge in [0.05, 0.1) is 11.6 Å². The van der Waals surface area contributed by atoms with Gasteiger partial charge in [-0.2, -0.15) is 0 Å². The number of halogens is 3. The quantitative estimate of drug-likeness (QED) is 0.789. The second-order valence-corrected chi connectivity index (χ2v) is 7.49. The van der Waals surface area contributed by atoms with E-state index in [1.807, 2.05) is 6.92 Å². The largest absolute Gasteiger partial charge is 0.348 e. The van der Waals surface area contributed by atoms with Crippen molar-refractivity contribution in [2.75, 3.05) is 19.0 Å². The maximum Gasteiger partial charge on any atom is 0.270 e. The van der Waals surface area contributed by atoms with Crippen molar-refractivity contribution in [1.29, 1.82) is 0 Å². The zero-order chi connectivity index (χ0) is 20.6. The Bertz CT molecular complexity index is 954. The minimum absolute atomic E-state index is 0.0774. The zero-order valence-corrected chi connectivity index (χ0v) is 15.7. The molecule has 150 valence electrons. The fourth-order valence-electron chi connectivity index (χ4n) is 3.02. The van der Waals surface area contributed by atoms with E-state index in [1.54, 1.807) is 19.0 Å². The van der Waals surface area contributed by atoms with Crippen LogP contribution < -0.4 is 15.8 Å². The molecule has 2 N–H and O–H groups in total. The molecule has 0 saturated heterocycles. The Morgan fingerprint density at radius 3 is 2.50 bits per heavy atom. The molecule has 28 heavy (non-hydrogen) atoms. The number of carbonyl (C=O) groups excluding carboxylic acids is 1. The van der Waals surface area contributed by atoms with Gasteiger partial charge in [0.1, 0.15) is 11.5 Å². The lowest BCUT2D eigenvalue weighted by atomic mass is 9.90. The molecule has 1 fully saturated rings. The number of carbonyl (C=O) groups is 1. The highest BCUT2D eigenvalue weighted by molar-refractivity contribution is 5.92. The molecule has 0 unspecified atom stereocenters. The van der Waals surface area contributed by atoms with Crippen LogP contribution in [0.25, 0.3) is 0 Å². The summed E-state index contributed by atoms with van der Waals surface area (Å²) < 4.78 is 39.7. The molecule has 1 saturated carbocycles. The highest BCUT2D eigenvalue weighted by Gasteiger charge is 2.46. The standard InChI is InChI=1S/C19H21F3N4O2/c1-19(6-7-19)15(10-4-5-11(16(21)22)12(20)8-10)25-17(28)13-9-14(27)24-18(23-13)26(2)3/h4-5,8-9,15-16H,6-7H2,1-3H3,(H,25,28)(H,23,24,27)/t15-/m0/s1. The van der Waals surface area contributed by atoms with E-state index in [2.05, 4.69) is 15.3 Å². The fraction of sp³-hybridized carbons (Fsp3) is 0.421. The summed E-state index contributed by atoms with van der Waals surface area (Å²) in [4.78, 5) is 32.7. The molecule has 1 aliphatic rings. The van der Waals surface area contributed by atoms with Crippen molar-refractivity contribution in [2.45, 2.75) is 32.2 Å². The highest BCUT2D eigenvalue weighted by atomic mass is 19.3. The number of aromatic amines is 1. The summed E-state index contributed by atoms with van der Waals surface area (Å²) in [6, 6.07) is 3.96. The van der Waals surface area contributed by atoms with E-state index in [-0.39, 0.29) is 17.1 Å². The van der Waals surface area contributed by atoms with Crippen molar-refractivity contribution < 1.29 is 18.0 Å². The second kappa shape index (κ2) is 7.29. The van der Waals surface area contributed by atoms with Crippen LogP contribution >= 0.6 is 0 Å². The van der Waals surface area contributed by atoms with Gasteiger partial charge in [-0.1, -0.05) is 19.1 Å². The molecule has 3 rings (SSSR count). The fourth-order valence-corrected chi connectivity index (χ4v) is 3.02. The molecule has 0 spiro atoms. The molecule has 1 aromatic carbocycles. The third-order valence-electron chi connectivity index (χ3n) is 4.99. The molecular weight excluding hydrogens is 373 g/mol. The van der Waals surface area contributed by atoms with Gasteiger partial charge < -0.3 is 10.2 Å². The smallest absolute Gasteiger partial charge is 0.270 e. The van der Waals surface area contributed by atoms with Crippen molar-refractivity contribution in [3.63, 3.8) is 0 Å². The van der Waals surface area contributed by atoms with Crippen molar-refractivity contribution >= 4 is 11.9 Å². The van der Waals surface area contributed by atoms with Crippen LogP contribution in [-0.2, 0) is 0 Å². The van der Waals surface area contributed by atoms with E-state index < -0.39 is 35.3 Å². The second-order valence-electron chi connectivity index (χ2n) is 7.49. The van der Waals surface area contributed by atoms with Crippen LogP contribution in [0.1, 0.15) is 53.8 Å². The number of alkyl halides is 2. The summed E-state index contributed by atoms with van der Waals surface area (Å²) >= 11 is 0. The SMILES string of the molecule is CN(C)c1nc(C(=O)N[C@@H](c2ccc(C(F)F)c(F)c2)C2(C)CC2)cc(=O)[nH]1. The molecule has 1 amide bonds. The molecular formula is C19H21F3N4O2. The van der Waals surface area contributed by atoms with Gasteiger partial charge in [0.25, 0.3) is 17.9 Å². The summed E-state index contributed by atoms with van der Waals surface area (Å²) in [6.07, 6.45) is -1.33. The number of hydrogen-bond donors (Lipinski definition) is 2. The van der Waals surface area contributed by atoms with Crippen LogP contribution in [0.5, 0.6) is 0 Å². The van der Waals surface area contributed by atoms with Crippen LogP contribution in [0.15, 0.2) is 29.1 Å². The molecule has 1 aromatic heterocycles. The van der Waals surface area contributed by atoms with Gasteiger partial charge >= 0.3 is 0 Å². The number of H-pyrrole nitrogens is 1.